The molecule has 2 aliphatic heterocycles. The number of morpholine rings is 1. The molecule has 0 aliphatic carbocycles. The highest BCUT2D eigenvalue weighted by Crippen LogP contribution is 2.30. The Morgan fingerprint density at radius 2 is 1.65 bits per heavy atom. The van der Waals surface area contributed by atoms with Crippen molar-refractivity contribution in [3.8, 4) is 0 Å². The Kier molecular flexibility index (Phi) is 5.84. The maximum atomic E-state index is 12.4. The van der Waals surface area contributed by atoms with Gasteiger partial charge in [0, 0.05) is 43.4 Å². The number of sulfonamides is 1. The summed E-state index contributed by atoms with van der Waals surface area (Å²) in [7, 11) is -3.18. The number of rotatable bonds is 4. The lowest BCUT2D eigenvalue weighted by Crippen LogP contribution is -2.42. The predicted molar refractivity (Wildman–Crippen MR) is 102 cm³/mol. The van der Waals surface area contributed by atoms with Crippen molar-refractivity contribution in [1.29, 1.82) is 0 Å². The molecule has 3 rings (SSSR count). The molecule has 1 aromatic heterocycles. The lowest BCUT2D eigenvalue weighted by molar-refractivity contribution is 0.122. The molecule has 0 aromatic carbocycles. The summed E-state index contributed by atoms with van der Waals surface area (Å²) in [6.45, 7) is 11.8. The molecule has 146 valence electrons. The van der Waals surface area contributed by atoms with E-state index in [1.807, 2.05) is 6.92 Å². The minimum absolute atomic E-state index is 0.215. The van der Waals surface area contributed by atoms with Crippen LogP contribution >= 0.6 is 0 Å². The van der Waals surface area contributed by atoms with Crippen LogP contribution in [-0.2, 0) is 14.8 Å². The van der Waals surface area contributed by atoms with E-state index in [4.69, 9.17) is 14.7 Å². The van der Waals surface area contributed by atoms with Crippen LogP contribution in [0.4, 0.5) is 5.82 Å². The summed E-state index contributed by atoms with van der Waals surface area (Å²) in [5, 5.41) is -0.371. The van der Waals surface area contributed by atoms with Crippen LogP contribution in [0.2, 0.25) is 0 Å². The minimum Gasteiger partial charge on any atom is -0.378 e. The molecule has 3 heterocycles. The molecule has 8 heteroatoms. The third kappa shape index (κ3) is 3.87. The number of piperidine rings is 1. The molecule has 1 aromatic rings. The first-order valence-corrected chi connectivity index (χ1v) is 11.0. The van der Waals surface area contributed by atoms with Crippen LogP contribution < -0.4 is 4.90 Å². The largest absolute Gasteiger partial charge is 0.378 e. The molecule has 0 radical (unpaired) electrons. The molecule has 0 unspecified atom stereocenters. The summed E-state index contributed by atoms with van der Waals surface area (Å²) in [4.78, 5) is 11.9. The molecule has 2 saturated heterocycles. The summed E-state index contributed by atoms with van der Waals surface area (Å²) < 4.78 is 31.8. The van der Waals surface area contributed by atoms with E-state index in [0.717, 1.165) is 62.0 Å². The summed E-state index contributed by atoms with van der Waals surface area (Å²) in [6, 6.07) is 0. The Bertz CT molecular complexity index is 737. The molecule has 2 aliphatic rings. The summed E-state index contributed by atoms with van der Waals surface area (Å²) in [5.74, 6) is 2.08. The smallest absolute Gasteiger partial charge is 0.216 e. The third-order valence-electron chi connectivity index (χ3n) is 5.47. The number of hydrogen-bond acceptors (Lipinski definition) is 6. The van der Waals surface area contributed by atoms with Gasteiger partial charge >= 0.3 is 0 Å². The molecule has 0 N–H and O–H groups in total. The van der Waals surface area contributed by atoms with Crippen molar-refractivity contribution in [2.45, 2.75) is 51.7 Å². The van der Waals surface area contributed by atoms with Gasteiger partial charge in [-0.25, -0.2) is 22.7 Å². The highest BCUT2D eigenvalue weighted by atomic mass is 32.2. The molecular formula is C18H30N4O3S. The van der Waals surface area contributed by atoms with Gasteiger partial charge in [-0.1, -0.05) is 0 Å². The SMILES string of the molecule is Cc1nc(C2CCN(S(=O)(=O)C(C)C)CC2)nc(N2CCOCC2)c1C. The average Bonchev–Trinajstić information content (AvgIpc) is 2.64. The van der Waals surface area contributed by atoms with Crippen molar-refractivity contribution in [3.05, 3.63) is 17.1 Å². The van der Waals surface area contributed by atoms with E-state index in [0.29, 0.717) is 13.1 Å². The Balaban J connectivity index is 1.77. The van der Waals surface area contributed by atoms with E-state index in [1.165, 1.54) is 0 Å². The van der Waals surface area contributed by atoms with Gasteiger partial charge in [0.1, 0.15) is 11.6 Å². The summed E-state index contributed by atoms with van der Waals surface area (Å²) in [6.07, 6.45) is 1.55. The second-order valence-corrected chi connectivity index (χ2v) is 9.97. The standard InChI is InChI=1S/C18H30N4O3S/c1-13(2)26(23,24)22-7-5-16(6-8-22)17-19-15(4)14(3)18(20-17)21-9-11-25-12-10-21/h13,16H,5-12H2,1-4H3. The maximum absolute atomic E-state index is 12.4. The Morgan fingerprint density at radius 1 is 1.04 bits per heavy atom. The van der Waals surface area contributed by atoms with Crippen LogP contribution in [0.3, 0.4) is 0 Å². The van der Waals surface area contributed by atoms with Crippen molar-refractivity contribution < 1.29 is 13.2 Å². The van der Waals surface area contributed by atoms with Crippen LogP contribution in [0, 0.1) is 13.8 Å². The van der Waals surface area contributed by atoms with E-state index in [2.05, 4.69) is 11.8 Å². The van der Waals surface area contributed by atoms with Gasteiger partial charge < -0.3 is 9.64 Å². The number of anilines is 1. The van der Waals surface area contributed by atoms with Crippen LogP contribution in [-0.4, -0.2) is 67.3 Å². The Hall–Kier alpha value is -1.25. The number of ether oxygens (including phenoxy) is 1. The maximum Gasteiger partial charge on any atom is 0.216 e. The van der Waals surface area contributed by atoms with E-state index in [9.17, 15) is 8.42 Å². The second kappa shape index (κ2) is 7.78. The van der Waals surface area contributed by atoms with Gasteiger partial charge in [0.25, 0.3) is 0 Å². The van der Waals surface area contributed by atoms with E-state index in [-0.39, 0.29) is 11.2 Å². The van der Waals surface area contributed by atoms with Crippen molar-refractivity contribution in [3.63, 3.8) is 0 Å². The fourth-order valence-electron chi connectivity index (χ4n) is 3.57. The van der Waals surface area contributed by atoms with Gasteiger partial charge in [0.15, 0.2) is 0 Å². The fourth-order valence-corrected chi connectivity index (χ4v) is 4.88. The van der Waals surface area contributed by atoms with Gasteiger partial charge in [-0.3, -0.25) is 0 Å². The lowest BCUT2D eigenvalue weighted by Gasteiger charge is -2.33. The van der Waals surface area contributed by atoms with Crippen LogP contribution in [0.5, 0.6) is 0 Å². The molecule has 7 nitrogen and oxygen atoms in total. The molecule has 0 atom stereocenters. The number of hydrogen-bond donors (Lipinski definition) is 0. The normalized spacial score (nSPS) is 20.7. The van der Waals surface area contributed by atoms with E-state index < -0.39 is 10.0 Å². The minimum atomic E-state index is -3.18. The number of aromatic nitrogens is 2. The molecule has 26 heavy (non-hydrogen) atoms. The van der Waals surface area contributed by atoms with Crippen molar-refractivity contribution in [1.82, 2.24) is 14.3 Å². The van der Waals surface area contributed by atoms with E-state index >= 15 is 0 Å². The Morgan fingerprint density at radius 3 is 2.23 bits per heavy atom. The Labute approximate surface area is 156 Å². The van der Waals surface area contributed by atoms with Crippen molar-refractivity contribution in [2.24, 2.45) is 0 Å². The van der Waals surface area contributed by atoms with Crippen LogP contribution in [0.1, 0.15) is 49.7 Å². The van der Waals surface area contributed by atoms with Gasteiger partial charge in [-0.05, 0) is 40.5 Å². The molecule has 0 amide bonds. The fraction of sp³-hybridized carbons (Fsp3) is 0.778. The number of nitrogens with zero attached hydrogens (tertiary/aromatic N) is 4. The van der Waals surface area contributed by atoms with Crippen LogP contribution in [0.15, 0.2) is 0 Å². The van der Waals surface area contributed by atoms with Crippen molar-refractivity contribution >= 4 is 15.8 Å². The predicted octanol–water partition coefficient (Wildman–Crippen LogP) is 1.85. The molecule has 0 spiro atoms. The zero-order chi connectivity index (χ0) is 18.9. The van der Waals surface area contributed by atoms with E-state index in [1.54, 1.807) is 18.2 Å². The van der Waals surface area contributed by atoms with Crippen LogP contribution in [0.25, 0.3) is 0 Å². The van der Waals surface area contributed by atoms with Gasteiger partial charge in [0.05, 0.1) is 18.5 Å². The highest BCUT2D eigenvalue weighted by molar-refractivity contribution is 7.89. The third-order valence-corrected chi connectivity index (χ3v) is 7.74. The quantitative estimate of drug-likeness (QED) is 0.791. The molecule has 2 fully saturated rings. The zero-order valence-corrected chi connectivity index (χ0v) is 17.0. The van der Waals surface area contributed by atoms with Gasteiger partial charge in [0.2, 0.25) is 10.0 Å². The monoisotopic (exact) mass is 382 g/mol. The first-order chi connectivity index (χ1) is 12.3. The second-order valence-electron chi connectivity index (χ2n) is 7.48. The average molecular weight is 383 g/mol. The zero-order valence-electron chi connectivity index (χ0n) is 16.2. The van der Waals surface area contributed by atoms with Crippen molar-refractivity contribution in [2.75, 3.05) is 44.3 Å². The first-order valence-electron chi connectivity index (χ1n) is 9.47. The van der Waals surface area contributed by atoms with Gasteiger partial charge in [-0.2, -0.15) is 0 Å². The van der Waals surface area contributed by atoms with Gasteiger partial charge in [-0.15, -0.1) is 0 Å². The molecule has 0 saturated carbocycles. The summed E-state index contributed by atoms with van der Waals surface area (Å²) >= 11 is 0. The highest BCUT2D eigenvalue weighted by Gasteiger charge is 2.32. The molecular weight excluding hydrogens is 352 g/mol. The number of aryl methyl sites for hydroxylation is 1. The molecule has 0 bridgehead atoms. The first kappa shape index (κ1) is 19.5. The topological polar surface area (TPSA) is 75.6 Å². The lowest BCUT2D eigenvalue weighted by atomic mass is 9.97. The summed E-state index contributed by atoms with van der Waals surface area (Å²) in [5.41, 5.74) is 2.13.